The number of aryl methyl sites for hydroxylation is 1. The zero-order valence-electron chi connectivity index (χ0n) is 11.9. The number of anilines is 1. The lowest BCUT2D eigenvalue weighted by Gasteiger charge is -1.98. The summed E-state index contributed by atoms with van der Waals surface area (Å²) in [4.78, 5) is 24.2. The van der Waals surface area contributed by atoms with Gasteiger partial charge in [0.05, 0.1) is 16.4 Å². The molecule has 5 nitrogen and oxygen atoms in total. The summed E-state index contributed by atoms with van der Waals surface area (Å²) in [6.45, 7) is 1.97. The molecule has 1 saturated carbocycles. The van der Waals surface area contributed by atoms with E-state index in [1.165, 1.54) is 24.2 Å². The van der Waals surface area contributed by atoms with E-state index in [2.05, 4.69) is 20.3 Å². The molecule has 0 atom stereocenters. The Hall–Kier alpha value is -1.99. The van der Waals surface area contributed by atoms with Gasteiger partial charge in [0.1, 0.15) is 5.69 Å². The average molecular weight is 330 g/mol. The third-order valence-corrected chi connectivity index (χ3v) is 5.13. The fourth-order valence-electron chi connectivity index (χ4n) is 2.24. The van der Waals surface area contributed by atoms with Crippen LogP contribution in [0.15, 0.2) is 23.0 Å². The highest BCUT2D eigenvalue weighted by Crippen LogP contribution is 2.40. The molecule has 1 amide bonds. The Labute approximate surface area is 135 Å². The van der Waals surface area contributed by atoms with E-state index in [0.29, 0.717) is 16.7 Å². The Morgan fingerprint density at radius 2 is 2.18 bits per heavy atom. The van der Waals surface area contributed by atoms with Crippen molar-refractivity contribution in [3.05, 3.63) is 39.4 Å². The zero-order chi connectivity index (χ0) is 15.1. The standard InChI is InChI=1S/C15H14N4OS2/c1-8-17-13(6-21-8)10-4-11(16-5-10)14(20)19-15-18-12(7-22-15)9-2-3-9/h4-7,9,16H,2-3H2,1H3,(H,18,19,20). The van der Waals surface area contributed by atoms with Crippen LogP contribution in [0.3, 0.4) is 0 Å². The third-order valence-electron chi connectivity index (χ3n) is 3.58. The minimum Gasteiger partial charge on any atom is -0.357 e. The van der Waals surface area contributed by atoms with Crippen molar-refractivity contribution in [1.29, 1.82) is 0 Å². The number of nitrogens with zero attached hydrogens (tertiary/aromatic N) is 2. The zero-order valence-corrected chi connectivity index (χ0v) is 13.6. The number of hydrogen-bond donors (Lipinski definition) is 2. The highest BCUT2D eigenvalue weighted by molar-refractivity contribution is 7.14. The maximum absolute atomic E-state index is 12.3. The van der Waals surface area contributed by atoms with Gasteiger partial charge < -0.3 is 4.98 Å². The van der Waals surface area contributed by atoms with Crippen molar-refractivity contribution in [2.75, 3.05) is 5.32 Å². The smallest absolute Gasteiger partial charge is 0.273 e. The Balaban J connectivity index is 1.49. The molecule has 2 N–H and O–H groups in total. The average Bonchev–Trinajstić information content (AvgIpc) is 2.93. The number of hydrogen-bond acceptors (Lipinski definition) is 5. The maximum atomic E-state index is 12.3. The van der Waals surface area contributed by atoms with Gasteiger partial charge in [-0.2, -0.15) is 0 Å². The number of aromatic amines is 1. The topological polar surface area (TPSA) is 70.7 Å². The first kappa shape index (κ1) is 13.7. The number of thiazole rings is 2. The van der Waals surface area contributed by atoms with E-state index in [4.69, 9.17) is 0 Å². The first-order chi connectivity index (χ1) is 10.7. The number of H-pyrrole nitrogens is 1. The minimum atomic E-state index is -0.171. The van der Waals surface area contributed by atoms with Crippen LogP contribution >= 0.6 is 22.7 Å². The van der Waals surface area contributed by atoms with Crippen molar-refractivity contribution in [3.63, 3.8) is 0 Å². The summed E-state index contributed by atoms with van der Waals surface area (Å²) in [5.74, 6) is 0.432. The van der Waals surface area contributed by atoms with Gasteiger partial charge >= 0.3 is 0 Å². The van der Waals surface area contributed by atoms with Crippen LogP contribution < -0.4 is 5.32 Å². The van der Waals surface area contributed by atoms with Gasteiger partial charge in [0.15, 0.2) is 5.13 Å². The molecular formula is C15H14N4OS2. The van der Waals surface area contributed by atoms with Crippen molar-refractivity contribution in [3.8, 4) is 11.3 Å². The largest absolute Gasteiger partial charge is 0.357 e. The molecule has 0 aromatic carbocycles. The molecule has 4 rings (SSSR count). The molecule has 1 aliphatic rings. The first-order valence-corrected chi connectivity index (χ1v) is 8.82. The Kier molecular flexibility index (Phi) is 3.31. The Morgan fingerprint density at radius 3 is 2.91 bits per heavy atom. The molecule has 0 unspecified atom stereocenters. The summed E-state index contributed by atoms with van der Waals surface area (Å²) in [6, 6.07) is 1.82. The van der Waals surface area contributed by atoms with Gasteiger partial charge in [-0.1, -0.05) is 0 Å². The third kappa shape index (κ3) is 2.69. The van der Waals surface area contributed by atoms with Crippen LogP contribution in [0.2, 0.25) is 0 Å². The van der Waals surface area contributed by atoms with E-state index in [1.54, 1.807) is 17.5 Å². The summed E-state index contributed by atoms with van der Waals surface area (Å²) >= 11 is 3.08. The second kappa shape index (κ2) is 5.33. The van der Waals surface area contributed by atoms with Gasteiger partial charge in [0.25, 0.3) is 5.91 Å². The lowest BCUT2D eigenvalue weighted by Crippen LogP contribution is -2.11. The van der Waals surface area contributed by atoms with Gasteiger partial charge in [-0.05, 0) is 25.8 Å². The molecule has 0 bridgehead atoms. The normalized spacial score (nSPS) is 14.2. The van der Waals surface area contributed by atoms with E-state index < -0.39 is 0 Å². The molecule has 0 saturated heterocycles. The van der Waals surface area contributed by atoms with Crippen LogP contribution in [0.5, 0.6) is 0 Å². The first-order valence-electron chi connectivity index (χ1n) is 7.07. The molecule has 22 heavy (non-hydrogen) atoms. The van der Waals surface area contributed by atoms with Gasteiger partial charge in [-0.3, -0.25) is 10.1 Å². The van der Waals surface area contributed by atoms with Crippen molar-refractivity contribution in [1.82, 2.24) is 15.0 Å². The van der Waals surface area contributed by atoms with Gasteiger partial charge in [-0.15, -0.1) is 22.7 Å². The molecule has 7 heteroatoms. The summed E-state index contributed by atoms with van der Waals surface area (Å²) in [6.07, 6.45) is 4.23. The van der Waals surface area contributed by atoms with Crippen LogP contribution in [-0.2, 0) is 0 Å². The van der Waals surface area contributed by atoms with Crippen LogP contribution in [0.1, 0.15) is 39.9 Å². The van der Waals surface area contributed by atoms with E-state index >= 15 is 0 Å². The fourth-order valence-corrected chi connectivity index (χ4v) is 3.65. The van der Waals surface area contributed by atoms with Gasteiger partial charge in [0, 0.05) is 28.4 Å². The quantitative estimate of drug-likeness (QED) is 0.758. The van der Waals surface area contributed by atoms with Crippen LogP contribution in [0.4, 0.5) is 5.13 Å². The van der Waals surface area contributed by atoms with Crippen molar-refractivity contribution in [2.45, 2.75) is 25.7 Å². The summed E-state index contributed by atoms with van der Waals surface area (Å²) in [7, 11) is 0. The number of rotatable bonds is 4. The minimum absolute atomic E-state index is 0.171. The van der Waals surface area contributed by atoms with Gasteiger partial charge in [0.2, 0.25) is 0 Å². The van der Waals surface area contributed by atoms with Crippen LogP contribution in [0, 0.1) is 6.92 Å². The Morgan fingerprint density at radius 1 is 1.32 bits per heavy atom. The summed E-state index contributed by atoms with van der Waals surface area (Å²) in [5.41, 5.74) is 3.43. The second-order valence-electron chi connectivity index (χ2n) is 5.36. The van der Waals surface area contributed by atoms with Crippen molar-refractivity contribution >= 4 is 33.7 Å². The van der Waals surface area contributed by atoms with Crippen molar-refractivity contribution < 1.29 is 4.79 Å². The molecule has 3 aromatic heterocycles. The fraction of sp³-hybridized carbons (Fsp3) is 0.267. The monoisotopic (exact) mass is 330 g/mol. The molecule has 1 fully saturated rings. The summed E-state index contributed by atoms with van der Waals surface area (Å²) in [5, 5.41) is 8.54. The number of carbonyl (C=O) groups is 1. The number of carbonyl (C=O) groups excluding carboxylic acids is 1. The molecule has 112 valence electrons. The molecule has 0 aliphatic heterocycles. The summed E-state index contributed by atoms with van der Waals surface area (Å²) < 4.78 is 0. The molecule has 3 aromatic rings. The van der Waals surface area contributed by atoms with Gasteiger partial charge in [-0.25, -0.2) is 9.97 Å². The molecule has 0 radical (unpaired) electrons. The number of aromatic nitrogens is 3. The number of nitrogens with one attached hydrogen (secondary N) is 2. The molecule has 3 heterocycles. The lowest BCUT2D eigenvalue weighted by atomic mass is 10.2. The molecule has 0 spiro atoms. The van der Waals surface area contributed by atoms with E-state index in [9.17, 15) is 4.79 Å². The predicted octanol–water partition coefficient (Wildman–Crippen LogP) is 4.03. The van der Waals surface area contributed by atoms with Crippen LogP contribution in [-0.4, -0.2) is 20.9 Å². The second-order valence-corrected chi connectivity index (χ2v) is 7.28. The predicted molar refractivity (Wildman–Crippen MR) is 88.7 cm³/mol. The Bertz CT molecular complexity index is 828. The maximum Gasteiger partial charge on any atom is 0.273 e. The SMILES string of the molecule is Cc1nc(-c2c[nH]c(C(=O)Nc3nc(C4CC4)cs3)c2)cs1. The molecule has 1 aliphatic carbocycles. The van der Waals surface area contributed by atoms with E-state index in [1.807, 2.05) is 23.8 Å². The molecular weight excluding hydrogens is 316 g/mol. The highest BCUT2D eigenvalue weighted by atomic mass is 32.1. The lowest BCUT2D eigenvalue weighted by molar-refractivity contribution is 0.102. The number of amides is 1. The van der Waals surface area contributed by atoms with Crippen LogP contribution in [0.25, 0.3) is 11.3 Å². The van der Waals surface area contributed by atoms with Crippen molar-refractivity contribution in [2.24, 2.45) is 0 Å². The van der Waals surface area contributed by atoms with E-state index in [0.717, 1.165) is 22.0 Å². The highest BCUT2D eigenvalue weighted by Gasteiger charge is 2.26. The van der Waals surface area contributed by atoms with E-state index in [-0.39, 0.29) is 5.91 Å².